The predicted octanol–water partition coefficient (Wildman–Crippen LogP) is 2.99. The summed E-state index contributed by atoms with van der Waals surface area (Å²) in [6.07, 6.45) is 0. The van der Waals surface area contributed by atoms with Crippen molar-refractivity contribution >= 4 is 21.9 Å². The highest BCUT2D eigenvalue weighted by Gasteiger charge is 2.17. The molecule has 0 fully saturated rings. The van der Waals surface area contributed by atoms with Crippen LogP contribution < -0.4 is 8.92 Å². The average molecular weight is 406 g/mol. The SMILES string of the molecule is COc1ccccc1-c1nnc(SCCS(=O)(=O)Oc2ccccc2)n1C. The summed E-state index contributed by atoms with van der Waals surface area (Å²) < 4.78 is 36.4. The summed E-state index contributed by atoms with van der Waals surface area (Å²) in [5, 5.41) is 8.98. The molecule has 0 atom stereocenters. The Morgan fingerprint density at radius 3 is 2.48 bits per heavy atom. The molecule has 27 heavy (non-hydrogen) atoms. The van der Waals surface area contributed by atoms with E-state index < -0.39 is 10.1 Å². The highest BCUT2D eigenvalue weighted by Crippen LogP contribution is 2.30. The third-order valence-corrected chi connectivity index (χ3v) is 6.14. The summed E-state index contributed by atoms with van der Waals surface area (Å²) in [6.45, 7) is 0. The summed E-state index contributed by atoms with van der Waals surface area (Å²) in [6, 6.07) is 16.0. The van der Waals surface area contributed by atoms with Gasteiger partial charge in [0, 0.05) is 12.8 Å². The van der Waals surface area contributed by atoms with Gasteiger partial charge in [-0.3, -0.25) is 0 Å². The van der Waals surface area contributed by atoms with E-state index in [9.17, 15) is 8.42 Å². The van der Waals surface area contributed by atoms with E-state index in [-0.39, 0.29) is 5.75 Å². The highest BCUT2D eigenvalue weighted by atomic mass is 32.2. The molecule has 0 aliphatic rings. The number of hydrogen-bond acceptors (Lipinski definition) is 7. The van der Waals surface area contributed by atoms with Gasteiger partial charge in [0.1, 0.15) is 11.5 Å². The maximum Gasteiger partial charge on any atom is 0.310 e. The fourth-order valence-corrected chi connectivity index (χ4v) is 4.60. The molecule has 0 spiro atoms. The van der Waals surface area contributed by atoms with E-state index in [4.69, 9.17) is 8.92 Å². The van der Waals surface area contributed by atoms with Crippen LogP contribution in [0.15, 0.2) is 59.8 Å². The van der Waals surface area contributed by atoms with Crippen LogP contribution in [0.4, 0.5) is 0 Å². The van der Waals surface area contributed by atoms with Crippen LogP contribution >= 0.6 is 11.8 Å². The Hall–Kier alpha value is -2.52. The lowest BCUT2D eigenvalue weighted by molar-refractivity contribution is 0.416. The van der Waals surface area contributed by atoms with Crippen LogP contribution in [-0.4, -0.2) is 41.8 Å². The third-order valence-electron chi connectivity index (χ3n) is 3.71. The number of aromatic nitrogens is 3. The summed E-state index contributed by atoms with van der Waals surface area (Å²) in [7, 11) is -0.240. The molecule has 3 aromatic rings. The Morgan fingerprint density at radius 1 is 1.04 bits per heavy atom. The smallest absolute Gasteiger partial charge is 0.310 e. The first-order valence-corrected chi connectivity index (χ1v) is 10.7. The van der Waals surface area contributed by atoms with Gasteiger partial charge in [-0.15, -0.1) is 10.2 Å². The largest absolute Gasteiger partial charge is 0.496 e. The van der Waals surface area contributed by atoms with Crippen LogP contribution in [0.1, 0.15) is 0 Å². The summed E-state index contributed by atoms with van der Waals surface area (Å²) in [5.74, 6) is 1.82. The van der Waals surface area contributed by atoms with Gasteiger partial charge in [0.15, 0.2) is 11.0 Å². The minimum atomic E-state index is -3.67. The highest BCUT2D eigenvalue weighted by molar-refractivity contribution is 8.00. The fraction of sp³-hybridized carbons (Fsp3) is 0.222. The maximum atomic E-state index is 12.1. The van der Waals surface area contributed by atoms with E-state index in [0.29, 0.717) is 28.2 Å². The number of nitrogens with zero attached hydrogens (tertiary/aromatic N) is 3. The van der Waals surface area contributed by atoms with E-state index in [0.717, 1.165) is 5.56 Å². The standard InChI is InChI=1S/C18H19N3O4S2/c1-21-17(15-10-6-7-11-16(15)24-2)19-20-18(21)26-12-13-27(22,23)25-14-8-4-3-5-9-14/h3-11H,12-13H2,1-2H3. The van der Waals surface area contributed by atoms with Crippen molar-refractivity contribution < 1.29 is 17.3 Å². The van der Waals surface area contributed by atoms with Crippen molar-refractivity contribution in [2.24, 2.45) is 7.05 Å². The van der Waals surface area contributed by atoms with Crippen LogP contribution in [0.3, 0.4) is 0 Å². The Kier molecular flexibility index (Phi) is 6.02. The molecule has 0 amide bonds. The number of methoxy groups -OCH3 is 1. The van der Waals surface area contributed by atoms with Gasteiger partial charge in [-0.05, 0) is 24.3 Å². The fourth-order valence-electron chi connectivity index (χ4n) is 2.40. The van der Waals surface area contributed by atoms with Crippen molar-refractivity contribution in [3.63, 3.8) is 0 Å². The van der Waals surface area contributed by atoms with Crippen molar-refractivity contribution in [3.05, 3.63) is 54.6 Å². The lowest BCUT2D eigenvalue weighted by Gasteiger charge is -2.08. The van der Waals surface area contributed by atoms with Crippen molar-refractivity contribution in [2.75, 3.05) is 18.6 Å². The monoisotopic (exact) mass is 405 g/mol. The van der Waals surface area contributed by atoms with Gasteiger partial charge in [0.25, 0.3) is 0 Å². The lowest BCUT2D eigenvalue weighted by atomic mass is 10.2. The molecule has 1 aromatic heterocycles. The van der Waals surface area contributed by atoms with Gasteiger partial charge < -0.3 is 13.5 Å². The normalized spacial score (nSPS) is 11.3. The van der Waals surface area contributed by atoms with E-state index in [1.54, 1.807) is 37.4 Å². The van der Waals surface area contributed by atoms with Gasteiger partial charge >= 0.3 is 10.1 Å². The van der Waals surface area contributed by atoms with E-state index in [2.05, 4.69) is 10.2 Å². The Labute approximate surface area is 162 Å². The number of hydrogen-bond donors (Lipinski definition) is 0. The molecular weight excluding hydrogens is 386 g/mol. The zero-order chi connectivity index (χ0) is 19.3. The predicted molar refractivity (Wildman–Crippen MR) is 105 cm³/mol. The number of benzene rings is 2. The summed E-state index contributed by atoms with van der Waals surface area (Å²) in [5.41, 5.74) is 0.821. The Balaban J connectivity index is 1.65. The summed E-state index contributed by atoms with van der Waals surface area (Å²) >= 11 is 1.30. The molecule has 3 rings (SSSR count). The zero-order valence-corrected chi connectivity index (χ0v) is 16.5. The van der Waals surface area contributed by atoms with Gasteiger partial charge in [0.05, 0.1) is 18.4 Å². The van der Waals surface area contributed by atoms with E-state index in [1.165, 1.54) is 11.8 Å². The molecule has 0 unspecified atom stereocenters. The van der Waals surface area contributed by atoms with Crippen molar-refractivity contribution in [2.45, 2.75) is 5.16 Å². The van der Waals surface area contributed by atoms with E-state index in [1.807, 2.05) is 35.9 Å². The van der Waals surface area contributed by atoms with Gasteiger partial charge in [-0.2, -0.15) is 8.42 Å². The van der Waals surface area contributed by atoms with Crippen LogP contribution in [0.25, 0.3) is 11.4 Å². The molecule has 0 radical (unpaired) electrons. The van der Waals surface area contributed by atoms with Crippen molar-refractivity contribution in [3.8, 4) is 22.9 Å². The van der Waals surface area contributed by atoms with Crippen LogP contribution in [0.5, 0.6) is 11.5 Å². The molecule has 0 aliphatic heterocycles. The molecule has 9 heteroatoms. The second-order valence-corrected chi connectivity index (χ2v) is 8.32. The first-order chi connectivity index (χ1) is 13.0. The number of thioether (sulfide) groups is 1. The van der Waals surface area contributed by atoms with Gasteiger partial charge in [-0.25, -0.2) is 0 Å². The molecular formula is C18H19N3O4S2. The molecule has 0 aliphatic carbocycles. The number of rotatable bonds is 8. The molecule has 7 nitrogen and oxygen atoms in total. The van der Waals surface area contributed by atoms with Crippen LogP contribution in [-0.2, 0) is 17.2 Å². The average Bonchev–Trinajstić information content (AvgIpc) is 3.02. The second kappa shape index (κ2) is 8.45. The number of para-hydroxylation sites is 2. The number of ether oxygens (including phenoxy) is 1. The van der Waals surface area contributed by atoms with Crippen LogP contribution in [0.2, 0.25) is 0 Å². The van der Waals surface area contributed by atoms with Gasteiger partial charge in [-0.1, -0.05) is 42.1 Å². The second-order valence-electron chi connectivity index (χ2n) is 5.57. The minimum absolute atomic E-state index is 0.136. The first-order valence-electron chi connectivity index (χ1n) is 8.13. The third kappa shape index (κ3) is 4.81. The lowest BCUT2D eigenvalue weighted by Crippen LogP contribution is -2.15. The molecule has 1 heterocycles. The first kappa shape index (κ1) is 19.2. The molecule has 0 saturated heterocycles. The molecule has 0 bridgehead atoms. The maximum absolute atomic E-state index is 12.1. The van der Waals surface area contributed by atoms with Crippen molar-refractivity contribution in [1.82, 2.24) is 14.8 Å². The quantitative estimate of drug-likeness (QED) is 0.421. The zero-order valence-electron chi connectivity index (χ0n) is 14.9. The topological polar surface area (TPSA) is 83.3 Å². The Morgan fingerprint density at radius 2 is 1.74 bits per heavy atom. The minimum Gasteiger partial charge on any atom is -0.496 e. The van der Waals surface area contributed by atoms with Crippen molar-refractivity contribution in [1.29, 1.82) is 0 Å². The summed E-state index contributed by atoms with van der Waals surface area (Å²) in [4.78, 5) is 0. The van der Waals surface area contributed by atoms with Gasteiger partial charge in [0.2, 0.25) is 0 Å². The molecule has 142 valence electrons. The molecule has 2 aromatic carbocycles. The Bertz CT molecular complexity index is 1000. The molecule has 0 saturated carbocycles. The van der Waals surface area contributed by atoms with E-state index >= 15 is 0 Å². The van der Waals surface area contributed by atoms with Crippen LogP contribution in [0, 0.1) is 0 Å². The molecule has 0 N–H and O–H groups in total.